The molecule has 154 valence electrons. The number of aromatic nitrogens is 5. The third kappa shape index (κ3) is 4.73. The van der Waals surface area contributed by atoms with Crippen LogP contribution in [0.25, 0.3) is 16.8 Å². The molecular weight excluding hydrogens is 420 g/mol. The number of anilines is 1. The van der Waals surface area contributed by atoms with Crippen LogP contribution in [0.2, 0.25) is 5.02 Å². The molecule has 2 aromatic carbocycles. The van der Waals surface area contributed by atoms with Crippen molar-refractivity contribution in [3.05, 3.63) is 83.4 Å². The maximum atomic E-state index is 12.3. The van der Waals surface area contributed by atoms with Gasteiger partial charge in [-0.15, -0.1) is 4.68 Å². The number of H-pyrrole nitrogens is 1. The number of aromatic carboxylic acids is 1. The average molecular weight is 436 g/mol. The van der Waals surface area contributed by atoms with Crippen molar-refractivity contribution in [3.63, 3.8) is 0 Å². The number of carboxylic acids is 1. The topological polar surface area (TPSA) is 125 Å². The SMILES string of the molecule is O=C(Cc1ccc(-c2cc(Cl)ccc2-[n+]2cnn[nH]2)cn1)Nc1ccc(C(=O)O)cc1. The molecule has 0 saturated carbocycles. The Balaban J connectivity index is 1.48. The number of carbonyl (C=O) groups excluding carboxylic acids is 1. The van der Waals surface area contributed by atoms with E-state index in [0.717, 1.165) is 16.8 Å². The summed E-state index contributed by atoms with van der Waals surface area (Å²) in [7, 11) is 0. The van der Waals surface area contributed by atoms with Crippen LogP contribution in [-0.4, -0.2) is 37.5 Å². The molecule has 0 atom stereocenters. The molecule has 0 aliphatic rings. The van der Waals surface area contributed by atoms with Gasteiger partial charge < -0.3 is 10.4 Å². The molecule has 0 unspecified atom stereocenters. The van der Waals surface area contributed by atoms with Crippen molar-refractivity contribution in [2.75, 3.05) is 5.32 Å². The average Bonchev–Trinajstić information content (AvgIpc) is 3.29. The van der Waals surface area contributed by atoms with E-state index in [1.54, 1.807) is 41.5 Å². The van der Waals surface area contributed by atoms with Gasteiger partial charge in [0.15, 0.2) is 5.21 Å². The van der Waals surface area contributed by atoms with Crippen LogP contribution in [0, 0.1) is 0 Å². The van der Waals surface area contributed by atoms with Gasteiger partial charge in [-0.2, -0.15) is 0 Å². The van der Waals surface area contributed by atoms with Gasteiger partial charge in [0.1, 0.15) is 10.8 Å². The van der Waals surface area contributed by atoms with Crippen molar-refractivity contribution < 1.29 is 19.4 Å². The first-order chi connectivity index (χ1) is 15.0. The Morgan fingerprint density at radius 3 is 2.55 bits per heavy atom. The summed E-state index contributed by atoms with van der Waals surface area (Å²) in [5.41, 5.74) is 3.69. The molecule has 0 spiro atoms. The molecule has 0 aliphatic carbocycles. The van der Waals surface area contributed by atoms with Crippen molar-refractivity contribution >= 4 is 29.2 Å². The molecule has 4 aromatic rings. The number of carboxylic acid groups (broad SMARTS) is 1. The van der Waals surface area contributed by atoms with Crippen LogP contribution in [-0.2, 0) is 11.2 Å². The van der Waals surface area contributed by atoms with Crippen LogP contribution in [0.15, 0.2) is 67.1 Å². The van der Waals surface area contributed by atoms with Crippen molar-refractivity contribution in [1.82, 2.24) is 20.5 Å². The molecule has 31 heavy (non-hydrogen) atoms. The Labute approximate surface area is 181 Å². The van der Waals surface area contributed by atoms with E-state index in [9.17, 15) is 9.59 Å². The molecule has 4 rings (SSSR count). The van der Waals surface area contributed by atoms with E-state index in [1.165, 1.54) is 12.1 Å². The summed E-state index contributed by atoms with van der Waals surface area (Å²) >= 11 is 6.18. The standard InChI is InChI=1S/C21H15ClN6O3/c22-15-4-8-19(28-12-24-26-27-28)18(9-15)14-3-7-17(23-11-14)10-20(29)25-16-5-1-13(2-6-16)21(30)31/h1-9,11-12H,10H2,(H2,25,29,30,31)/p+1. The lowest BCUT2D eigenvalue weighted by Crippen LogP contribution is -2.32. The van der Waals surface area contributed by atoms with Crippen molar-refractivity contribution in [2.24, 2.45) is 0 Å². The van der Waals surface area contributed by atoms with Gasteiger partial charge in [0.05, 0.1) is 12.0 Å². The molecule has 0 saturated heterocycles. The summed E-state index contributed by atoms with van der Waals surface area (Å²) in [5, 5.41) is 22.5. The van der Waals surface area contributed by atoms with Crippen LogP contribution < -0.4 is 10.00 Å². The fourth-order valence-electron chi connectivity index (χ4n) is 3.00. The number of rotatable bonds is 6. The van der Waals surface area contributed by atoms with Gasteiger partial charge >= 0.3 is 5.97 Å². The summed E-state index contributed by atoms with van der Waals surface area (Å²) in [6.07, 6.45) is 3.29. The molecule has 3 N–H and O–H groups in total. The molecule has 10 heteroatoms. The lowest BCUT2D eigenvalue weighted by Gasteiger charge is -2.08. The second-order valence-corrected chi connectivity index (χ2v) is 7.04. The van der Waals surface area contributed by atoms with Crippen LogP contribution in [0.4, 0.5) is 5.69 Å². The number of carbonyl (C=O) groups is 2. The maximum absolute atomic E-state index is 12.3. The van der Waals surface area contributed by atoms with E-state index in [-0.39, 0.29) is 17.9 Å². The smallest absolute Gasteiger partial charge is 0.335 e. The van der Waals surface area contributed by atoms with Crippen LogP contribution >= 0.6 is 11.6 Å². The molecular formula is C21H16ClN6O3+. The summed E-state index contributed by atoms with van der Waals surface area (Å²) in [6, 6.07) is 15.0. The molecule has 0 bridgehead atoms. The van der Waals surface area contributed by atoms with Gasteiger partial charge in [0.2, 0.25) is 5.91 Å². The Morgan fingerprint density at radius 1 is 1.10 bits per heavy atom. The fraction of sp³-hybridized carbons (Fsp3) is 0.0476. The van der Waals surface area contributed by atoms with Crippen molar-refractivity contribution in [2.45, 2.75) is 6.42 Å². The number of benzene rings is 2. The lowest BCUT2D eigenvalue weighted by atomic mass is 10.0. The Morgan fingerprint density at radius 2 is 1.90 bits per heavy atom. The van der Waals surface area contributed by atoms with Crippen LogP contribution in [0.3, 0.4) is 0 Å². The first-order valence-electron chi connectivity index (χ1n) is 9.16. The molecule has 9 nitrogen and oxygen atoms in total. The third-order valence-electron chi connectivity index (χ3n) is 4.49. The van der Waals surface area contributed by atoms with E-state index < -0.39 is 5.97 Å². The van der Waals surface area contributed by atoms with Crippen molar-refractivity contribution in [1.29, 1.82) is 0 Å². The fourth-order valence-corrected chi connectivity index (χ4v) is 3.17. The number of nitrogens with one attached hydrogen (secondary N) is 2. The van der Waals surface area contributed by atoms with Crippen molar-refractivity contribution in [3.8, 4) is 16.8 Å². The van der Waals surface area contributed by atoms with Crippen LogP contribution in [0.1, 0.15) is 16.1 Å². The second kappa shape index (κ2) is 8.72. The zero-order valence-electron chi connectivity index (χ0n) is 16.0. The highest BCUT2D eigenvalue weighted by molar-refractivity contribution is 6.31. The molecule has 1 amide bonds. The molecule has 2 aromatic heterocycles. The molecule has 0 aliphatic heterocycles. The Kier molecular flexibility index (Phi) is 5.67. The van der Waals surface area contributed by atoms with E-state index in [1.807, 2.05) is 18.2 Å². The van der Waals surface area contributed by atoms with E-state index in [2.05, 4.69) is 25.8 Å². The van der Waals surface area contributed by atoms with E-state index in [4.69, 9.17) is 16.7 Å². The first kappa shape index (κ1) is 20.2. The van der Waals surface area contributed by atoms with Gasteiger partial charge in [-0.1, -0.05) is 22.9 Å². The predicted molar refractivity (Wildman–Crippen MR) is 112 cm³/mol. The zero-order chi connectivity index (χ0) is 21.8. The van der Waals surface area contributed by atoms with Gasteiger partial charge in [-0.25, -0.2) is 4.79 Å². The monoisotopic (exact) mass is 435 g/mol. The summed E-state index contributed by atoms with van der Waals surface area (Å²) < 4.78 is 1.66. The van der Waals surface area contributed by atoms with Crippen LogP contribution in [0.5, 0.6) is 0 Å². The minimum absolute atomic E-state index is 0.0720. The molecule has 0 fully saturated rings. The predicted octanol–water partition coefficient (Wildman–Crippen LogP) is 2.68. The molecule has 0 radical (unpaired) electrons. The number of nitrogens with zero attached hydrogens (tertiary/aromatic N) is 4. The highest BCUT2D eigenvalue weighted by atomic mass is 35.5. The Bertz CT molecular complexity index is 1230. The quantitative estimate of drug-likeness (QED) is 0.400. The number of aromatic amines is 1. The van der Waals surface area contributed by atoms with E-state index in [0.29, 0.717) is 16.4 Å². The number of hydrogen-bond donors (Lipinski definition) is 3. The highest BCUT2D eigenvalue weighted by Crippen LogP contribution is 2.26. The Hall–Kier alpha value is -4.11. The normalized spacial score (nSPS) is 10.6. The van der Waals surface area contributed by atoms with Gasteiger partial charge in [-0.3, -0.25) is 9.78 Å². The lowest BCUT2D eigenvalue weighted by molar-refractivity contribution is -0.659. The number of halogens is 1. The highest BCUT2D eigenvalue weighted by Gasteiger charge is 2.14. The number of tetrazole rings is 1. The second-order valence-electron chi connectivity index (χ2n) is 6.61. The largest absolute Gasteiger partial charge is 0.478 e. The molecule has 2 heterocycles. The zero-order valence-corrected chi connectivity index (χ0v) is 16.7. The van der Waals surface area contributed by atoms with Gasteiger partial charge in [-0.05, 0) is 48.5 Å². The maximum Gasteiger partial charge on any atom is 0.335 e. The summed E-state index contributed by atoms with van der Waals surface area (Å²) in [5.74, 6) is -1.28. The van der Waals surface area contributed by atoms with Gasteiger partial charge in [0, 0.05) is 33.7 Å². The first-order valence-corrected chi connectivity index (χ1v) is 9.53. The minimum Gasteiger partial charge on any atom is -0.478 e. The minimum atomic E-state index is -1.02. The van der Waals surface area contributed by atoms with E-state index >= 15 is 0 Å². The number of amides is 1. The van der Waals surface area contributed by atoms with Gasteiger partial charge in [0.25, 0.3) is 6.33 Å². The number of pyridine rings is 1. The summed E-state index contributed by atoms with van der Waals surface area (Å²) in [4.78, 5) is 27.6. The number of hydrogen-bond acceptors (Lipinski definition) is 5. The summed E-state index contributed by atoms with van der Waals surface area (Å²) in [6.45, 7) is 0. The third-order valence-corrected chi connectivity index (χ3v) is 4.72.